The van der Waals surface area contributed by atoms with E-state index in [1.807, 2.05) is 0 Å². The third kappa shape index (κ3) is 3.46. The third-order valence-corrected chi connectivity index (χ3v) is 7.93. The Hall–Kier alpha value is -1.28. The van der Waals surface area contributed by atoms with E-state index >= 15 is 0 Å². The van der Waals surface area contributed by atoms with Gasteiger partial charge in [-0.3, -0.25) is 9.59 Å². The Kier molecular flexibility index (Phi) is 5.77. The number of thioether (sulfide) groups is 1. The van der Waals surface area contributed by atoms with Gasteiger partial charge < -0.3 is 19.9 Å². The number of aliphatic hydroxyl groups is 1. The SMILES string of the molecule is COC(=O)C(CSC1C(C)CC2CCC3OC(=O)C1C23O)NC(=O)C(C)C. The average Bonchev–Trinajstić information content (AvgIpc) is 3.06. The molecular formula is C19H29NO6S. The molecule has 152 valence electrons. The topological polar surface area (TPSA) is 102 Å². The Morgan fingerprint density at radius 2 is 2.11 bits per heavy atom. The fourth-order valence-corrected chi connectivity index (χ4v) is 6.42. The van der Waals surface area contributed by atoms with Crippen molar-refractivity contribution in [1.29, 1.82) is 0 Å². The summed E-state index contributed by atoms with van der Waals surface area (Å²) in [5.74, 6) is -1.32. The molecule has 0 aromatic carbocycles. The van der Waals surface area contributed by atoms with Gasteiger partial charge in [0.25, 0.3) is 0 Å². The highest BCUT2D eigenvalue weighted by atomic mass is 32.2. The predicted octanol–water partition coefficient (Wildman–Crippen LogP) is 1.12. The van der Waals surface area contributed by atoms with Crippen LogP contribution in [0.1, 0.15) is 40.0 Å². The van der Waals surface area contributed by atoms with E-state index in [0.29, 0.717) is 6.42 Å². The second-order valence-corrected chi connectivity index (χ2v) is 9.53. The summed E-state index contributed by atoms with van der Waals surface area (Å²) in [5.41, 5.74) is -1.09. The van der Waals surface area contributed by atoms with Gasteiger partial charge in [-0.05, 0) is 31.1 Å². The molecule has 0 aromatic heterocycles. The van der Waals surface area contributed by atoms with Crippen LogP contribution in [0.25, 0.3) is 0 Å². The maximum absolute atomic E-state index is 12.5. The molecule has 2 aliphatic carbocycles. The molecule has 7 unspecified atom stereocenters. The lowest BCUT2D eigenvalue weighted by Crippen LogP contribution is -2.56. The summed E-state index contributed by atoms with van der Waals surface area (Å²) in [6.45, 7) is 5.59. The van der Waals surface area contributed by atoms with Crippen molar-refractivity contribution in [2.24, 2.45) is 23.7 Å². The summed E-state index contributed by atoms with van der Waals surface area (Å²) in [6.07, 6.45) is 2.01. The van der Waals surface area contributed by atoms with Crippen LogP contribution in [0.5, 0.6) is 0 Å². The first-order chi connectivity index (χ1) is 12.7. The molecular weight excluding hydrogens is 370 g/mol. The lowest BCUT2D eigenvalue weighted by Gasteiger charge is -2.44. The van der Waals surface area contributed by atoms with Crippen LogP contribution in [-0.4, -0.2) is 58.8 Å². The summed E-state index contributed by atoms with van der Waals surface area (Å²) in [6, 6.07) is -0.786. The van der Waals surface area contributed by atoms with Crippen LogP contribution in [0.15, 0.2) is 0 Å². The first-order valence-electron chi connectivity index (χ1n) is 9.62. The van der Waals surface area contributed by atoms with Gasteiger partial charge >= 0.3 is 11.9 Å². The van der Waals surface area contributed by atoms with Gasteiger partial charge in [0.05, 0.1) is 7.11 Å². The number of carbonyl (C=O) groups is 3. The van der Waals surface area contributed by atoms with E-state index in [1.54, 1.807) is 13.8 Å². The Balaban J connectivity index is 1.74. The van der Waals surface area contributed by atoms with Crippen molar-refractivity contribution in [3.63, 3.8) is 0 Å². The van der Waals surface area contributed by atoms with Crippen LogP contribution in [0.2, 0.25) is 0 Å². The van der Waals surface area contributed by atoms with Gasteiger partial charge in [0.2, 0.25) is 5.91 Å². The minimum atomic E-state index is -1.09. The van der Waals surface area contributed by atoms with E-state index in [-0.39, 0.29) is 40.6 Å². The molecule has 0 radical (unpaired) electrons. The van der Waals surface area contributed by atoms with E-state index in [9.17, 15) is 19.5 Å². The van der Waals surface area contributed by atoms with E-state index in [4.69, 9.17) is 9.47 Å². The molecule has 7 nitrogen and oxygen atoms in total. The Bertz CT molecular complexity index is 625. The van der Waals surface area contributed by atoms with E-state index in [0.717, 1.165) is 12.8 Å². The highest BCUT2D eigenvalue weighted by Crippen LogP contribution is 2.58. The number of methoxy groups -OCH3 is 1. The third-order valence-electron chi connectivity index (χ3n) is 6.29. The predicted molar refractivity (Wildman–Crippen MR) is 99.9 cm³/mol. The zero-order valence-corrected chi connectivity index (χ0v) is 17.1. The molecule has 3 fully saturated rings. The molecule has 0 bridgehead atoms. The first-order valence-corrected chi connectivity index (χ1v) is 10.7. The molecule has 1 heterocycles. The smallest absolute Gasteiger partial charge is 0.329 e. The summed E-state index contributed by atoms with van der Waals surface area (Å²) in [5, 5.41) is 13.8. The molecule has 8 heteroatoms. The van der Waals surface area contributed by atoms with E-state index < -0.39 is 29.6 Å². The second kappa shape index (κ2) is 7.62. The quantitative estimate of drug-likeness (QED) is 0.646. The maximum atomic E-state index is 12.5. The number of hydrogen-bond donors (Lipinski definition) is 2. The summed E-state index contributed by atoms with van der Waals surface area (Å²) in [4.78, 5) is 36.6. The lowest BCUT2D eigenvalue weighted by molar-refractivity contribution is -0.145. The zero-order valence-electron chi connectivity index (χ0n) is 16.3. The summed E-state index contributed by atoms with van der Waals surface area (Å²) < 4.78 is 10.3. The number of carbonyl (C=O) groups excluding carboxylic acids is 3. The number of rotatable bonds is 6. The van der Waals surface area contributed by atoms with Crippen molar-refractivity contribution in [2.75, 3.05) is 12.9 Å². The minimum Gasteiger partial charge on any atom is -0.467 e. The first kappa shape index (κ1) is 20.5. The highest BCUT2D eigenvalue weighted by molar-refractivity contribution is 8.00. The van der Waals surface area contributed by atoms with Gasteiger partial charge in [-0.25, -0.2) is 4.79 Å². The number of esters is 2. The van der Waals surface area contributed by atoms with Crippen molar-refractivity contribution in [3.8, 4) is 0 Å². The maximum Gasteiger partial charge on any atom is 0.329 e. The molecule has 2 saturated carbocycles. The van der Waals surface area contributed by atoms with Gasteiger partial charge in [-0.2, -0.15) is 11.8 Å². The number of ether oxygens (including phenoxy) is 2. The zero-order chi connectivity index (χ0) is 19.9. The molecule has 27 heavy (non-hydrogen) atoms. The Morgan fingerprint density at radius 3 is 2.74 bits per heavy atom. The van der Waals surface area contributed by atoms with Crippen molar-refractivity contribution in [2.45, 2.75) is 63.0 Å². The molecule has 3 rings (SSSR count). The lowest BCUT2D eigenvalue weighted by atomic mass is 9.66. The summed E-state index contributed by atoms with van der Waals surface area (Å²) >= 11 is 1.45. The van der Waals surface area contributed by atoms with Gasteiger partial charge in [0.1, 0.15) is 23.7 Å². The van der Waals surface area contributed by atoms with Crippen LogP contribution >= 0.6 is 11.8 Å². The standard InChI is InChI=1S/C19H29NO6S/c1-9(2)16(21)20-12(17(22)25-4)8-27-15-10(3)7-11-5-6-13-19(11,24)14(15)18(23)26-13/h9-15,24H,5-8H2,1-4H3,(H,20,21). The largest absolute Gasteiger partial charge is 0.467 e. The van der Waals surface area contributed by atoms with Gasteiger partial charge in [0, 0.05) is 16.9 Å². The average molecular weight is 400 g/mol. The van der Waals surface area contributed by atoms with Gasteiger partial charge in [0.15, 0.2) is 0 Å². The fraction of sp³-hybridized carbons (Fsp3) is 0.842. The van der Waals surface area contributed by atoms with Crippen molar-refractivity contribution < 1.29 is 29.0 Å². The van der Waals surface area contributed by atoms with Crippen molar-refractivity contribution >= 4 is 29.6 Å². The van der Waals surface area contributed by atoms with Crippen molar-refractivity contribution in [3.05, 3.63) is 0 Å². The second-order valence-electron chi connectivity index (χ2n) is 8.31. The molecule has 1 amide bonds. The van der Waals surface area contributed by atoms with Crippen LogP contribution in [-0.2, 0) is 23.9 Å². The minimum absolute atomic E-state index is 0.0860. The van der Waals surface area contributed by atoms with Crippen LogP contribution < -0.4 is 5.32 Å². The van der Waals surface area contributed by atoms with E-state index in [1.165, 1.54) is 18.9 Å². The summed E-state index contributed by atoms with van der Waals surface area (Å²) in [7, 11) is 1.29. The van der Waals surface area contributed by atoms with Crippen LogP contribution in [0, 0.1) is 23.7 Å². The Morgan fingerprint density at radius 1 is 1.41 bits per heavy atom. The molecule has 3 aliphatic rings. The molecule has 0 aromatic rings. The van der Waals surface area contributed by atoms with Gasteiger partial charge in [-0.1, -0.05) is 20.8 Å². The fourth-order valence-electron chi connectivity index (χ4n) is 4.82. The van der Waals surface area contributed by atoms with Crippen LogP contribution in [0.3, 0.4) is 0 Å². The number of hydrogen-bond acceptors (Lipinski definition) is 7. The molecule has 7 atom stereocenters. The highest BCUT2D eigenvalue weighted by Gasteiger charge is 2.68. The monoisotopic (exact) mass is 399 g/mol. The Labute approximate surface area is 163 Å². The molecule has 0 spiro atoms. The van der Waals surface area contributed by atoms with Gasteiger partial charge in [-0.15, -0.1) is 0 Å². The number of amides is 1. The van der Waals surface area contributed by atoms with Crippen LogP contribution in [0.4, 0.5) is 0 Å². The van der Waals surface area contributed by atoms with Crippen molar-refractivity contribution in [1.82, 2.24) is 5.32 Å². The number of nitrogens with one attached hydrogen (secondary N) is 1. The van der Waals surface area contributed by atoms with E-state index in [2.05, 4.69) is 12.2 Å². The molecule has 1 saturated heterocycles. The molecule has 1 aliphatic heterocycles. The molecule has 2 N–H and O–H groups in total. The normalized spacial score (nSPS) is 38.3.